The van der Waals surface area contributed by atoms with Crippen LogP contribution < -0.4 is 11.1 Å². The van der Waals surface area contributed by atoms with E-state index in [9.17, 15) is 4.79 Å². The molecule has 1 aromatic rings. The van der Waals surface area contributed by atoms with Gasteiger partial charge in [-0.25, -0.2) is 0 Å². The highest BCUT2D eigenvalue weighted by molar-refractivity contribution is 5.92. The Morgan fingerprint density at radius 3 is 2.82 bits per heavy atom. The van der Waals surface area contributed by atoms with Gasteiger partial charge in [-0.3, -0.25) is 4.79 Å². The normalized spacial score (nSPS) is 17.8. The van der Waals surface area contributed by atoms with Gasteiger partial charge in [0.2, 0.25) is 5.91 Å². The van der Waals surface area contributed by atoms with Crippen LogP contribution in [0.5, 0.6) is 0 Å². The third-order valence-electron chi connectivity index (χ3n) is 4.34. The molecular formula is C19H26N2O. The molecule has 1 aromatic carbocycles. The van der Waals surface area contributed by atoms with Gasteiger partial charge in [-0.1, -0.05) is 43.7 Å². The Balaban J connectivity index is 2.19. The van der Waals surface area contributed by atoms with E-state index in [1.165, 1.54) is 30.4 Å². The molecule has 3 nitrogen and oxygen atoms in total. The minimum absolute atomic E-state index is 0.000334. The summed E-state index contributed by atoms with van der Waals surface area (Å²) in [6.07, 6.45) is 8.06. The number of rotatable bonds is 4. The summed E-state index contributed by atoms with van der Waals surface area (Å²) >= 11 is 0. The van der Waals surface area contributed by atoms with Crippen molar-refractivity contribution in [2.24, 2.45) is 11.1 Å². The Hall–Kier alpha value is -1.87. The largest absolute Gasteiger partial charge is 0.325 e. The summed E-state index contributed by atoms with van der Waals surface area (Å²) in [6, 6.07) is 7.83. The van der Waals surface area contributed by atoms with Crippen LogP contribution in [0.2, 0.25) is 0 Å². The Bertz CT molecular complexity index is 612. The Morgan fingerprint density at radius 1 is 1.36 bits per heavy atom. The van der Waals surface area contributed by atoms with E-state index in [0.29, 0.717) is 0 Å². The monoisotopic (exact) mass is 298 g/mol. The van der Waals surface area contributed by atoms with E-state index in [0.717, 1.165) is 11.3 Å². The summed E-state index contributed by atoms with van der Waals surface area (Å²) in [6.45, 7) is 6.86. The lowest BCUT2D eigenvalue weighted by atomic mass is 9.72. The molecule has 0 saturated heterocycles. The van der Waals surface area contributed by atoms with Gasteiger partial charge in [0.1, 0.15) is 0 Å². The van der Waals surface area contributed by atoms with E-state index in [-0.39, 0.29) is 17.9 Å². The number of amides is 1. The number of allylic oxidation sites excluding steroid dienone is 3. The topological polar surface area (TPSA) is 55.1 Å². The number of benzene rings is 1. The molecule has 22 heavy (non-hydrogen) atoms. The van der Waals surface area contributed by atoms with Crippen LogP contribution in [0.25, 0.3) is 6.08 Å². The van der Waals surface area contributed by atoms with Crippen LogP contribution in [0.1, 0.15) is 45.6 Å². The molecule has 0 heterocycles. The number of hydrogen-bond acceptors (Lipinski definition) is 2. The Morgan fingerprint density at radius 2 is 2.14 bits per heavy atom. The van der Waals surface area contributed by atoms with Crippen molar-refractivity contribution in [2.45, 2.75) is 40.0 Å². The van der Waals surface area contributed by atoms with Crippen molar-refractivity contribution in [3.05, 3.63) is 47.1 Å². The van der Waals surface area contributed by atoms with Gasteiger partial charge in [0.25, 0.3) is 0 Å². The van der Waals surface area contributed by atoms with E-state index in [4.69, 9.17) is 5.73 Å². The van der Waals surface area contributed by atoms with Gasteiger partial charge >= 0.3 is 0 Å². The molecule has 118 valence electrons. The first kappa shape index (κ1) is 16.5. The molecule has 3 N–H and O–H groups in total. The van der Waals surface area contributed by atoms with Crippen molar-refractivity contribution >= 4 is 17.7 Å². The smallest absolute Gasteiger partial charge is 0.238 e. The van der Waals surface area contributed by atoms with Crippen molar-refractivity contribution in [2.75, 3.05) is 11.9 Å². The van der Waals surface area contributed by atoms with Gasteiger partial charge in [0.05, 0.1) is 6.54 Å². The van der Waals surface area contributed by atoms with E-state index in [1.807, 2.05) is 24.3 Å². The van der Waals surface area contributed by atoms with Gasteiger partial charge in [0.15, 0.2) is 0 Å². The SMILES string of the molecule is CC1=C(/C=C/c2cccc(NC(=O)CN)c2)C(C)(C)CCC1. The molecule has 1 aliphatic carbocycles. The summed E-state index contributed by atoms with van der Waals surface area (Å²) in [7, 11) is 0. The molecular weight excluding hydrogens is 272 g/mol. The number of anilines is 1. The third kappa shape index (κ3) is 4.08. The van der Waals surface area contributed by atoms with Crippen LogP contribution in [-0.2, 0) is 4.79 Å². The minimum Gasteiger partial charge on any atom is -0.325 e. The second kappa shape index (κ2) is 6.93. The molecule has 0 aliphatic heterocycles. The van der Waals surface area contributed by atoms with E-state index < -0.39 is 0 Å². The number of nitrogens with one attached hydrogen (secondary N) is 1. The summed E-state index contributed by atoms with van der Waals surface area (Å²) in [5, 5.41) is 2.79. The van der Waals surface area contributed by atoms with Crippen molar-refractivity contribution < 1.29 is 4.79 Å². The summed E-state index contributed by atoms with van der Waals surface area (Å²) in [5.74, 6) is -0.173. The van der Waals surface area contributed by atoms with Crippen LogP contribution in [0, 0.1) is 5.41 Å². The van der Waals surface area contributed by atoms with Crippen molar-refractivity contribution in [1.82, 2.24) is 0 Å². The molecule has 1 aliphatic rings. The fraction of sp³-hybridized carbons (Fsp3) is 0.421. The molecule has 0 saturated carbocycles. The number of nitrogens with two attached hydrogens (primary N) is 1. The number of carbonyl (C=O) groups excluding carboxylic acids is 1. The van der Waals surface area contributed by atoms with Crippen molar-refractivity contribution in [3.8, 4) is 0 Å². The van der Waals surface area contributed by atoms with Crippen LogP contribution in [0.4, 0.5) is 5.69 Å². The molecule has 1 amide bonds. The highest BCUT2D eigenvalue weighted by Crippen LogP contribution is 2.40. The quantitative estimate of drug-likeness (QED) is 0.878. The van der Waals surface area contributed by atoms with Gasteiger partial charge < -0.3 is 11.1 Å². The fourth-order valence-corrected chi connectivity index (χ4v) is 3.12. The zero-order chi connectivity index (χ0) is 16.2. The average Bonchev–Trinajstić information content (AvgIpc) is 2.46. The maximum atomic E-state index is 11.4. The van der Waals surface area contributed by atoms with Gasteiger partial charge in [-0.2, -0.15) is 0 Å². The Kier molecular flexibility index (Phi) is 5.19. The predicted octanol–water partition coefficient (Wildman–Crippen LogP) is 4.12. The first-order valence-corrected chi connectivity index (χ1v) is 7.91. The van der Waals surface area contributed by atoms with Crippen molar-refractivity contribution in [3.63, 3.8) is 0 Å². The molecule has 0 spiro atoms. The first-order chi connectivity index (χ1) is 10.4. The lowest BCUT2D eigenvalue weighted by Gasteiger charge is -2.32. The maximum Gasteiger partial charge on any atom is 0.238 e. The second-order valence-electron chi connectivity index (χ2n) is 6.64. The lowest BCUT2D eigenvalue weighted by molar-refractivity contribution is -0.114. The van der Waals surface area contributed by atoms with E-state index in [1.54, 1.807) is 0 Å². The summed E-state index contributed by atoms with van der Waals surface area (Å²) < 4.78 is 0. The molecule has 0 fully saturated rings. The standard InChI is InChI=1S/C19H26N2O/c1-14-6-5-11-19(2,3)17(14)10-9-15-7-4-8-16(12-15)21-18(22)13-20/h4,7-10,12H,5-6,11,13,20H2,1-3H3,(H,21,22)/b10-9+. The predicted molar refractivity (Wildman–Crippen MR) is 93.5 cm³/mol. The summed E-state index contributed by atoms with van der Waals surface area (Å²) in [5.41, 5.74) is 10.4. The van der Waals surface area contributed by atoms with Gasteiger partial charge in [-0.05, 0) is 54.9 Å². The average molecular weight is 298 g/mol. The van der Waals surface area contributed by atoms with Gasteiger partial charge in [-0.15, -0.1) is 0 Å². The second-order valence-corrected chi connectivity index (χ2v) is 6.64. The molecule has 0 aromatic heterocycles. The third-order valence-corrected chi connectivity index (χ3v) is 4.34. The zero-order valence-electron chi connectivity index (χ0n) is 13.8. The lowest BCUT2D eigenvalue weighted by Crippen LogP contribution is -2.21. The van der Waals surface area contributed by atoms with Crippen molar-refractivity contribution in [1.29, 1.82) is 0 Å². The van der Waals surface area contributed by atoms with Crippen LogP contribution in [0.3, 0.4) is 0 Å². The first-order valence-electron chi connectivity index (χ1n) is 7.91. The summed E-state index contributed by atoms with van der Waals surface area (Å²) in [4.78, 5) is 11.4. The molecule has 0 bridgehead atoms. The Labute approximate surface area is 133 Å². The van der Waals surface area contributed by atoms with E-state index in [2.05, 4.69) is 38.2 Å². The number of hydrogen-bond donors (Lipinski definition) is 2. The number of carbonyl (C=O) groups is 1. The fourth-order valence-electron chi connectivity index (χ4n) is 3.12. The van der Waals surface area contributed by atoms with Crippen LogP contribution in [0.15, 0.2) is 41.5 Å². The highest BCUT2D eigenvalue weighted by Gasteiger charge is 2.26. The zero-order valence-corrected chi connectivity index (χ0v) is 13.8. The van der Waals surface area contributed by atoms with Crippen LogP contribution >= 0.6 is 0 Å². The molecule has 0 radical (unpaired) electrons. The molecule has 3 heteroatoms. The highest BCUT2D eigenvalue weighted by atomic mass is 16.1. The molecule has 0 unspecified atom stereocenters. The molecule has 2 rings (SSSR count). The van der Waals surface area contributed by atoms with Gasteiger partial charge in [0, 0.05) is 5.69 Å². The van der Waals surface area contributed by atoms with Crippen LogP contribution in [-0.4, -0.2) is 12.5 Å². The molecule has 0 atom stereocenters. The maximum absolute atomic E-state index is 11.4. The van der Waals surface area contributed by atoms with E-state index >= 15 is 0 Å². The minimum atomic E-state index is -0.173.